The van der Waals surface area contributed by atoms with Gasteiger partial charge in [-0.15, -0.1) is 5.10 Å². The molecule has 1 N–H and O–H groups in total. The summed E-state index contributed by atoms with van der Waals surface area (Å²) >= 11 is 0. The second-order valence-electron chi connectivity index (χ2n) is 9.72. The Bertz CT molecular complexity index is 1640. The van der Waals surface area contributed by atoms with Crippen LogP contribution in [0.3, 0.4) is 0 Å². The Hall–Kier alpha value is -4.78. The largest absolute Gasteiger partial charge is 0.497 e. The van der Waals surface area contributed by atoms with Gasteiger partial charge in [0, 0.05) is 36.9 Å². The number of nitrogens with zero attached hydrogens (tertiary/aromatic N) is 3. The van der Waals surface area contributed by atoms with E-state index < -0.39 is 17.6 Å². The van der Waals surface area contributed by atoms with E-state index in [9.17, 15) is 18.0 Å². The van der Waals surface area contributed by atoms with Crippen LogP contribution >= 0.6 is 0 Å². The highest BCUT2D eigenvalue weighted by molar-refractivity contribution is 5.94. The number of amides is 1. The molecule has 0 saturated heterocycles. The van der Waals surface area contributed by atoms with E-state index in [4.69, 9.17) is 23.7 Å². The molecule has 0 fully saturated rings. The highest BCUT2D eigenvalue weighted by Crippen LogP contribution is 2.39. The Labute approximate surface area is 245 Å². The number of carbonyl (C=O) groups is 1. The van der Waals surface area contributed by atoms with Crippen molar-refractivity contribution in [1.82, 2.24) is 20.1 Å². The van der Waals surface area contributed by atoms with Gasteiger partial charge in [-0.1, -0.05) is 0 Å². The first-order chi connectivity index (χ1) is 20.6. The molecule has 226 valence electrons. The van der Waals surface area contributed by atoms with Gasteiger partial charge in [-0.05, 0) is 37.3 Å². The summed E-state index contributed by atoms with van der Waals surface area (Å²) in [6, 6.07) is 10.4. The number of halogens is 3. The maximum Gasteiger partial charge on any atom is 0.419 e. The first kappa shape index (κ1) is 29.7. The van der Waals surface area contributed by atoms with Crippen LogP contribution in [0.2, 0.25) is 0 Å². The van der Waals surface area contributed by atoms with E-state index in [-0.39, 0.29) is 42.2 Å². The van der Waals surface area contributed by atoms with Crippen molar-refractivity contribution in [1.29, 1.82) is 0 Å². The molecule has 1 atom stereocenters. The molecule has 4 aromatic rings. The number of fused-ring (bicyclic) bond motifs is 1. The molecule has 1 amide bonds. The number of ether oxygens (including phenoxy) is 5. The van der Waals surface area contributed by atoms with E-state index >= 15 is 0 Å². The number of aromatic nitrogens is 3. The summed E-state index contributed by atoms with van der Waals surface area (Å²) in [7, 11) is 4.27. The quantitative estimate of drug-likeness (QED) is 0.270. The lowest BCUT2D eigenvalue weighted by Gasteiger charge is -2.21. The molecule has 2 aromatic heterocycles. The summed E-state index contributed by atoms with van der Waals surface area (Å²) < 4.78 is 69.4. The van der Waals surface area contributed by atoms with Crippen molar-refractivity contribution < 1.29 is 41.7 Å². The topological polar surface area (TPSA) is 106 Å². The average Bonchev–Trinajstić information content (AvgIpc) is 3.35. The average molecular weight is 599 g/mol. The van der Waals surface area contributed by atoms with Crippen molar-refractivity contribution in [3.05, 3.63) is 82.8 Å². The molecule has 0 saturated carbocycles. The van der Waals surface area contributed by atoms with Crippen LogP contribution in [-0.4, -0.2) is 48.1 Å². The number of hydrogen-bond donors (Lipinski definition) is 1. The smallest absolute Gasteiger partial charge is 0.419 e. The molecule has 0 unspecified atom stereocenters. The van der Waals surface area contributed by atoms with Crippen LogP contribution in [0.4, 0.5) is 13.2 Å². The zero-order valence-electron chi connectivity index (χ0n) is 23.8. The monoisotopic (exact) mass is 598 g/mol. The molecule has 0 spiro atoms. The normalized spacial score (nSPS) is 14.5. The van der Waals surface area contributed by atoms with Gasteiger partial charge in [-0.25, -0.2) is 4.68 Å². The molecule has 1 aliphatic heterocycles. The van der Waals surface area contributed by atoms with E-state index in [1.54, 1.807) is 25.3 Å². The summed E-state index contributed by atoms with van der Waals surface area (Å²) in [5, 5.41) is 7.41. The predicted octanol–water partition coefficient (Wildman–Crippen LogP) is 5.50. The third-order valence-electron chi connectivity index (χ3n) is 6.90. The van der Waals surface area contributed by atoms with Crippen LogP contribution in [0.25, 0.3) is 5.69 Å². The van der Waals surface area contributed by atoms with E-state index in [1.807, 2.05) is 6.92 Å². The first-order valence-corrected chi connectivity index (χ1v) is 13.2. The maximum absolute atomic E-state index is 13.4. The number of carbonyl (C=O) groups excluding carboxylic acids is 1. The Morgan fingerprint density at radius 1 is 1.02 bits per heavy atom. The summed E-state index contributed by atoms with van der Waals surface area (Å²) in [6.07, 6.45) is -1.44. The number of hydrogen-bond acceptors (Lipinski definition) is 8. The minimum atomic E-state index is -4.57. The number of pyridine rings is 1. The Kier molecular flexibility index (Phi) is 8.44. The second-order valence-corrected chi connectivity index (χ2v) is 9.72. The molecule has 0 bridgehead atoms. The van der Waals surface area contributed by atoms with Crippen molar-refractivity contribution in [2.24, 2.45) is 0 Å². The van der Waals surface area contributed by atoms with Gasteiger partial charge < -0.3 is 29.0 Å². The predicted molar refractivity (Wildman–Crippen MR) is 148 cm³/mol. The zero-order valence-corrected chi connectivity index (χ0v) is 23.8. The van der Waals surface area contributed by atoms with E-state index in [1.165, 1.54) is 49.5 Å². The van der Waals surface area contributed by atoms with Crippen molar-refractivity contribution in [3.63, 3.8) is 0 Å². The van der Waals surface area contributed by atoms with Gasteiger partial charge in [-0.3, -0.25) is 9.78 Å². The summed E-state index contributed by atoms with van der Waals surface area (Å²) in [5.74, 6) is 0.901. The van der Waals surface area contributed by atoms with Gasteiger partial charge in [0.05, 0.1) is 68.3 Å². The van der Waals surface area contributed by atoms with Gasteiger partial charge >= 0.3 is 6.18 Å². The number of methoxy groups -OCH3 is 3. The van der Waals surface area contributed by atoms with Gasteiger partial charge in [0.2, 0.25) is 5.88 Å². The maximum atomic E-state index is 13.4. The lowest BCUT2D eigenvalue weighted by Crippen LogP contribution is -2.23. The number of rotatable bonds is 9. The standard InChI is InChI=1S/C30H29F3N4O6/c1-17-9-25-23(16-42-17)29(36-37(25)20-6-8-24(30(31,32)33)27(11-20)41-4)43-22-10-19(13-34-15-22)28(38)35-14-18-5-7-21(39-2)12-26(18)40-3/h5-8,10-13,15,17H,9,14,16H2,1-4H3,(H,35,38)/t17-/m1/s1. The van der Waals surface area contributed by atoms with Gasteiger partial charge in [0.1, 0.15) is 23.0 Å². The minimum Gasteiger partial charge on any atom is -0.497 e. The summed E-state index contributed by atoms with van der Waals surface area (Å²) in [6.45, 7) is 2.27. The highest BCUT2D eigenvalue weighted by Gasteiger charge is 2.35. The number of alkyl halides is 3. The van der Waals surface area contributed by atoms with E-state index in [0.29, 0.717) is 29.2 Å². The molecule has 0 radical (unpaired) electrons. The zero-order chi connectivity index (χ0) is 30.7. The SMILES string of the molecule is COc1ccc(CNC(=O)c2cncc(Oc3nn(-c4ccc(C(F)(F)F)c(OC)c4)c4c3CO[C@H](C)C4)c2)c(OC)c1. The fourth-order valence-corrected chi connectivity index (χ4v) is 4.70. The molecular weight excluding hydrogens is 569 g/mol. The van der Waals surface area contributed by atoms with E-state index in [0.717, 1.165) is 17.3 Å². The van der Waals surface area contributed by atoms with Gasteiger partial charge in [-0.2, -0.15) is 13.2 Å². The van der Waals surface area contributed by atoms with Crippen molar-refractivity contribution in [2.45, 2.75) is 38.8 Å². The van der Waals surface area contributed by atoms with Crippen molar-refractivity contribution >= 4 is 5.91 Å². The van der Waals surface area contributed by atoms with Crippen LogP contribution in [0.1, 0.15) is 39.7 Å². The Morgan fingerprint density at radius 2 is 1.81 bits per heavy atom. The molecule has 1 aliphatic rings. The molecule has 3 heterocycles. The molecule has 5 rings (SSSR count). The Balaban J connectivity index is 1.39. The summed E-state index contributed by atoms with van der Waals surface area (Å²) in [4.78, 5) is 17.1. The van der Waals surface area contributed by atoms with Crippen LogP contribution < -0.4 is 24.3 Å². The lowest BCUT2D eigenvalue weighted by molar-refractivity contribution is -0.138. The van der Waals surface area contributed by atoms with Crippen LogP contribution in [0, 0.1) is 0 Å². The fraction of sp³-hybridized carbons (Fsp3) is 0.300. The van der Waals surface area contributed by atoms with Crippen LogP contribution in [0.15, 0.2) is 54.9 Å². The van der Waals surface area contributed by atoms with Crippen molar-refractivity contribution in [3.8, 4) is 34.6 Å². The molecule has 2 aromatic carbocycles. The lowest BCUT2D eigenvalue weighted by atomic mass is 10.1. The van der Waals surface area contributed by atoms with Crippen LogP contribution in [0.5, 0.6) is 28.9 Å². The molecule has 10 nitrogen and oxygen atoms in total. The third-order valence-corrected chi connectivity index (χ3v) is 6.90. The van der Waals surface area contributed by atoms with Crippen LogP contribution in [-0.2, 0) is 30.5 Å². The first-order valence-electron chi connectivity index (χ1n) is 13.2. The molecular formula is C30H29F3N4O6. The van der Waals surface area contributed by atoms with Gasteiger partial charge in [0.25, 0.3) is 5.91 Å². The number of benzene rings is 2. The van der Waals surface area contributed by atoms with Gasteiger partial charge in [0.15, 0.2) is 0 Å². The molecule has 43 heavy (non-hydrogen) atoms. The molecule has 0 aliphatic carbocycles. The summed E-state index contributed by atoms with van der Waals surface area (Å²) in [5.41, 5.74) is 1.84. The van der Waals surface area contributed by atoms with E-state index in [2.05, 4.69) is 15.4 Å². The fourth-order valence-electron chi connectivity index (χ4n) is 4.70. The third kappa shape index (κ3) is 6.36. The molecule has 13 heteroatoms. The number of nitrogens with one attached hydrogen (secondary N) is 1. The Morgan fingerprint density at radius 3 is 2.53 bits per heavy atom. The second kappa shape index (κ2) is 12.2. The van der Waals surface area contributed by atoms with Crippen molar-refractivity contribution in [2.75, 3.05) is 21.3 Å². The highest BCUT2D eigenvalue weighted by atomic mass is 19.4. The minimum absolute atomic E-state index is 0.148.